The smallest absolute Gasteiger partial charge is 0.371 e. The van der Waals surface area contributed by atoms with Gasteiger partial charge >= 0.3 is 6.18 Å². The van der Waals surface area contributed by atoms with Gasteiger partial charge in [-0.25, -0.2) is 13.4 Å². The van der Waals surface area contributed by atoms with Gasteiger partial charge in [0.2, 0.25) is 0 Å². The van der Waals surface area contributed by atoms with Gasteiger partial charge in [0.1, 0.15) is 27.3 Å². The Bertz CT molecular complexity index is 1560. The van der Waals surface area contributed by atoms with E-state index in [4.69, 9.17) is 0 Å². The summed E-state index contributed by atoms with van der Waals surface area (Å²) in [5, 5.41) is 13.4. The van der Waals surface area contributed by atoms with Crippen molar-refractivity contribution >= 4 is 32.3 Å². The van der Waals surface area contributed by atoms with Gasteiger partial charge < -0.3 is 5.32 Å². The molecule has 3 heterocycles. The van der Waals surface area contributed by atoms with Gasteiger partial charge in [0.05, 0.1) is 28.1 Å². The summed E-state index contributed by atoms with van der Waals surface area (Å²) < 4.78 is 64.6. The number of sulfone groups is 1. The van der Waals surface area contributed by atoms with Crippen LogP contribution in [0.4, 0.5) is 19.0 Å². The lowest BCUT2D eigenvalue weighted by molar-refractivity contribution is -0.137. The van der Waals surface area contributed by atoms with Crippen molar-refractivity contribution in [1.29, 1.82) is 5.26 Å². The Hall–Kier alpha value is -3.58. The molecule has 2 aromatic carbocycles. The van der Waals surface area contributed by atoms with Crippen molar-refractivity contribution in [3.63, 3.8) is 0 Å². The summed E-state index contributed by atoms with van der Waals surface area (Å²) in [6.45, 7) is 0.523. The molecule has 0 bridgehead atoms. The van der Waals surface area contributed by atoms with Gasteiger partial charge in [0.15, 0.2) is 5.65 Å². The zero-order valence-electron chi connectivity index (χ0n) is 18.5. The molecule has 0 aliphatic carbocycles. The number of hydrogen-bond acceptors (Lipinski definition) is 5. The van der Waals surface area contributed by atoms with E-state index in [1.165, 1.54) is 12.1 Å². The third kappa shape index (κ3) is 4.44. The third-order valence-electron chi connectivity index (χ3n) is 6.46. The van der Waals surface area contributed by atoms with Crippen molar-refractivity contribution < 1.29 is 21.6 Å². The van der Waals surface area contributed by atoms with Crippen molar-refractivity contribution in [3.8, 4) is 17.2 Å². The number of alkyl halides is 3. The van der Waals surface area contributed by atoms with E-state index >= 15 is 0 Å². The Morgan fingerprint density at radius 3 is 2.43 bits per heavy atom. The molecule has 2 aromatic heterocycles. The summed E-state index contributed by atoms with van der Waals surface area (Å²) in [5.74, 6) is 1.12. The van der Waals surface area contributed by atoms with Gasteiger partial charge in [0.25, 0.3) is 0 Å². The minimum atomic E-state index is -4.46. The van der Waals surface area contributed by atoms with Crippen LogP contribution in [0.5, 0.6) is 0 Å². The van der Waals surface area contributed by atoms with E-state index in [1.54, 1.807) is 6.07 Å². The van der Waals surface area contributed by atoms with Crippen molar-refractivity contribution in [2.75, 3.05) is 23.4 Å². The first-order valence-electron chi connectivity index (χ1n) is 11.1. The van der Waals surface area contributed by atoms with E-state index in [-0.39, 0.29) is 23.0 Å². The van der Waals surface area contributed by atoms with Gasteiger partial charge in [-0.3, -0.25) is 4.40 Å². The van der Waals surface area contributed by atoms with Crippen LogP contribution in [0.25, 0.3) is 27.8 Å². The first-order chi connectivity index (χ1) is 16.7. The minimum absolute atomic E-state index is 0.160. The lowest BCUT2D eigenvalue weighted by atomic mass is 9.99. The van der Waals surface area contributed by atoms with Crippen LogP contribution in [0.3, 0.4) is 0 Å². The molecule has 1 N–H and O–H groups in total. The van der Waals surface area contributed by atoms with E-state index < -0.39 is 21.6 Å². The highest BCUT2D eigenvalue weighted by molar-refractivity contribution is 7.91. The maximum Gasteiger partial charge on any atom is 0.416 e. The predicted molar refractivity (Wildman–Crippen MR) is 128 cm³/mol. The number of nitriles is 1. The summed E-state index contributed by atoms with van der Waals surface area (Å²) in [7, 11) is -2.98. The maximum absolute atomic E-state index is 13.1. The molecule has 0 radical (unpaired) electrons. The van der Waals surface area contributed by atoms with Crippen LogP contribution in [0.1, 0.15) is 24.0 Å². The number of benzene rings is 2. The lowest BCUT2D eigenvalue weighted by Crippen LogP contribution is -2.28. The van der Waals surface area contributed by atoms with E-state index in [1.807, 2.05) is 28.7 Å². The van der Waals surface area contributed by atoms with Crippen LogP contribution in [-0.4, -0.2) is 35.9 Å². The van der Waals surface area contributed by atoms with Gasteiger partial charge in [-0.15, -0.1) is 0 Å². The number of anilines is 1. The Morgan fingerprint density at radius 2 is 1.77 bits per heavy atom. The molecular weight excluding hydrogens is 477 g/mol. The second-order valence-electron chi connectivity index (χ2n) is 8.74. The summed E-state index contributed by atoms with van der Waals surface area (Å²) >= 11 is 0. The largest absolute Gasteiger partial charge is 0.416 e. The second-order valence-corrected chi connectivity index (χ2v) is 11.0. The third-order valence-corrected chi connectivity index (χ3v) is 8.17. The molecule has 1 fully saturated rings. The minimum Gasteiger partial charge on any atom is -0.371 e. The summed E-state index contributed by atoms with van der Waals surface area (Å²) in [5.41, 5.74) is 2.30. The van der Waals surface area contributed by atoms with Crippen LogP contribution in [0.15, 0.2) is 54.6 Å². The number of rotatable bonds is 4. The fourth-order valence-electron chi connectivity index (χ4n) is 4.53. The van der Waals surface area contributed by atoms with Gasteiger partial charge in [0, 0.05) is 12.1 Å². The molecule has 180 valence electrons. The summed E-state index contributed by atoms with van der Waals surface area (Å²) in [4.78, 5) is 4.64. The Balaban J connectivity index is 1.61. The normalized spacial score (nSPS) is 16.4. The number of nitrogens with zero attached hydrogens (tertiary/aromatic N) is 3. The number of fused-ring (bicyclic) bond motifs is 3. The van der Waals surface area contributed by atoms with Gasteiger partial charge in [-0.2, -0.15) is 18.4 Å². The Kier molecular flexibility index (Phi) is 5.68. The average molecular weight is 499 g/mol. The molecular formula is C25H21F3N4O2S. The maximum atomic E-state index is 13.1. The molecule has 0 saturated carbocycles. The fraction of sp³-hybridized carbons (Fsp3) is 0.280. The molecule has 35 heavy (non-hydrogen) atoms. The van der Waals surface area contributed by atoms with Crippen LogP contribution in [0, 0.1) is 17.2 Å². The van der Waals surface area contributed by atoms with Crippen LogP contribution >= 0.6 is 0 Å². The molecule has 5 rings (SSSR count). The molecule has 1 aliphatic rings. The van der Waals surface area contributed by atoms with Gasteiger partial charge in [-0.1, -0.05) is 24.3 Å². The quantitative estimate of drug-likeness (QED) is 0.414. The molecule has 0 spiro atoms. The first-order valence-corrected chi connectivity index (χ1v) is 12.9. The average Bonchev–Trinajstić information content (AvgIpc) is 3.22. The first kappa shape index (κ1) is 23.2. The SMILES string of the molecule is N#Cc1c(-c2ccc(C(F)(F)F)cc2)cc(NCC2CCS(=O)(=O)CC2)n2c1nc1ccccc12. The van der Waals surface area contributed by atoms with Crippen molar-refractivity contribution in [1.82, 2.24) is 9.38 Å². The van der Waals surface area contributed by atoms with Crippen molar-refractivity contribution in [2.24, 2.45) is 5.92 Å². The Labute approximate surface area is 199 Å². The highest BCUT2D eigenvalue weighted by Gasteiger charge is 2.30. The lowest BCUT2D eigenvalue weighted by Gasteiger charge is -2.23. The highest BCUT2D eigenvalue weighted by atomic mass is 32.2. The van der Waals surface area contributed by atoms with Crippen LogP contribution < -0.4 is 5.32 Å². The highest BCUT2D eigenvalue weighted by Crippen LogP contribution is 2.35. The molecule has 0 unspecified atom stereocenters. The molecule has 0 atom stereocenters. The fourth-order valence-corrected chi connectivity index (χ4v) is 6.12. The zero-order valence-corrected chi connectivity index (χ0v) is 19.3. The number of imidazole rings is 1. The molecule has 1 aliphatic heterocycles. The summed E-state index contributed by atoms with van der Waals surface area (Å²) in [6, 6.07) is 16.1. The molecule has 10 heteroatoms. The second kappa shape index (κ2) is 8.57. The number of halogens is 3. The zero-order chi connectivity index (χ0) is 24.8. The topological polar surface area (TPSA) is 87.3 Å². The number of pyridine rings is 1. The van der Waals surface area contributed by atoms with Crippen molar-refractivity contribution in [2.45, 2.75) is 19.0 Å². The molecule has 4 aromatic rings. The number of para-hydroxylation sites is 2. The summed E-state index contributed by atoms with van der Waals surface area (Å²) in [6.07, 6.45) is -3.34. The number of aromatic nitrogens is 2. The van der Waals surface area contributed by atoms with E-state index in [0.717, 1.165) is 17.6 Å². The van der Waals surface area contributed by atoms with Gasteiger partial charge in [-0.05, 0) is 54.7 Å². The standard InChI is InChI=1S/C25H21F3N4O2S/c26-25(27,28)18-7-5-17(6-8-18)19-13-23(30-15-16-9-11-35(33,34)12-10-16)32-22-4-2-1-3-21(22)31-24(32)20(19)14-29/h1-8,13,16,30H,9-12,15H2. The van der Waals surface area contributed by atoms with E-state index in [9.17, 15) is 26.9 Å². The number of nitrogens with one attached hydrogen (secondary N) is 1. The Morgan fingerprint density at radius 1 is 1.09 bits per heavy atom. The molecule has 6 nitrogen and oxygen atoms in total. The number of hydrogen-bond donors (Lipinski definition) is 1. The monoisotopic (exact) mass is 498 g/mol. The van der Waals surface area contributed by atoms with E-state index in [2.05, 4.69) is 16.4 Å². The van der Waals surface area contributed by atoms with Crippen LogP contribution in [-0.2, 0) is 16.0 Å². The molecule has 0 amide bonds. The van der Waals surface area contributed by atoms with Crippen molar-refractivity contribution in [3.05, 3.63) is 65.7 Å². The van der Waals surface area contributed by atoms with Crippen LogP contribution in [0.2, 0.25) is 0 Å². The molecule has 1 saturated heterocycles. The predicted octanol–water partition coefficient (Wildman–Crippen LogP) is 5.28. The van der Waals surface area contributed by atoms with E-state index in [0.29, 0.717) is 47.5 Å².